The normalized spacial score (nSPS) is 11.5. The summed E-state index contributed by atoms with van der Waals surface area (Å²) in [6, 6.07) is 4.06. The van der Waals surface area contributed by atoms with Gasteiger partial charge in [-0.2, -0.15) is 0 Å². The van der Waals surface area contributed by atoms with Gasteiger partial charge in [0.25, 0.3) is 0 Å². The zero-order chi connectivity index (χ0) is 9.84. The monoisotopic (exact) mass is 182 g/mol. The highest BCUT2D eigenvalue weighted by Gasteiger charge is 2.01. The lowest BCUT2D eigenvalue weighted by atomic mass is 10.1. The van der Waals surface area contributed by atoms with Crippen LogP contribution in [0.3, 0.4) is 0 Å². The van der Waals surface area contributed by atoms with Crippen molar-refractivity contribution >= 4 is 5.84 Å². The summed E-state index contributed by atoms with van der Waals surface area (Å²) in [5.74, 6) is -0.0912. The molecule has 5 heteroatoms. The first kappa shape index (κ1) is 9.18. The van der Waals surface area contributed by atoms with E-state index in [4.69, 9.17) is 21.2 Å². The van der Waals surface area contributed by atoms with Crippen LogP contribution < -0.4 is 5.73 Å². The molecule has 5 nitrogen and oxygen atoms in total. The predicted octanol–water partition coefficient (Wildman–Crippen LogP) is 0.387. The van der Waals surface area contributed by atoms with Crippen LogP contribution in [0.15, 0.2) is 23.4 Å². The highest BCUT2D eigenvalue weighted by Crippen LogP contribution is 2.20. The number of phenols is 2. The van der Waals surface area contributed by atoms with Crippen molar-refractivity contribution in [3.8, 4) is 11.5 Å². The SMILES string of the molecule is NC(Cc1cc(O)cc(O)c1)=NO. The molecule has 70 valence electrons. The minimum absolute atomic E-state index is 0.0185. The predicted molar refractivity (Wildman–Crippen MR) is 46.9 cm³/mol. The van der Waals surface area contributed by atoms with Crippen LogP contribution in [0.1, 0.15) is 5.56 Å². The average molecular weight is 182 g/mol. The number of amidine groups is 1. The fraction of sp³-hybridized carbons (Fsp3) is 0.125. The second-order valence-corrected chi connectivity index (χ2v) is 2.63. The number of nitrogens with two attached hydrogens (primary N) is 1. The lowest BCUT2D eigenvalue weighted by Gasteiger charge is -2.01. The summed E-state index contributed by atoms with van der Waals surface area (Å²) in [5, 5.41) is 29.2. The van der Waals surface area contributed by atoms with E-state index in [1.807, 2.05) is 0 Å². The van der Waals surface area contributed by atoms with Gasteiger partial charge in [-0.15, -0.1) is 0 Å². The molecule has 1 aromatic carbocycles. The molecule has 0 radical (unpaired) electrons. The van der Waals surface area contributed by atoms with Gasteiger partial charge in [-0.05, 0) is 17.7 Å². The lowest BCUT2D eigenvalue weighted by Crippen LogP contribution is -2.14. The molecule has 5 N–H and O–H groups in total. The molecule has 0 saturated heterocycles. The molecule has 0 aliphatic heterocycles. The van der Waals surface area contributed by atoms with E-state index < -0.39 is 0 Å². The zero-order valence-electron chi connectivity index (χ0n) is 6.81. The van der Waals surface area contributed by atoms with Gasteiger partial charge in [0, 0.05) is 12.5 Å². The Labute approximate surface area is 74.7 Å². The third kappa shape index (κ3) is 2.55. The van der Waals surface area contributed by atoms with Gasteiger partial charge >= 0.3 is 0 Å². The quantitative estimate of drug-likeness (QED) is 0.230. The number of oxime groups is 1. The largest absolute Gasteiger partial charge is 0.508 e. The van der Waals surface area contributed by atoms with Crippen LogP contribution >= 0.6 is 0 Å². The van der Waals surface area contributed by atoms with E-state index in [2.05, 4.69) is 5.16 Å². The van der Waals surface area contributed by atoms with Crippen molar-refractivity contribution in [3.05, 3.63) is 23.8 Å². The fourth-order valence-electron chi connectivity index (χ4n) is 1.00. The van der Waals surface area contributed by atoms with Gasteiger partial charge in [-0.1, -0.05) is 5.16 Å². The van der Waals surface area contributed by atoms with Crippen molar-refractivity contribution in [1.82, 2.24) is 0 Å². The van der Waals surface area contributed by atoms with E-state index in [0.29, 0.717) is 5.56 Å². The van der Waals surface area contributed by atoms with E-state index in [9.17, 15) is 0 Å². The molecule has 0 aromatic heterocycles. The van der Waals surface area contributed by atoms with Crippen molar-refractivity contribution in [1.29, 1.82) is 0 Å². The highest BCUT2D eigenvalue weighted by molar-refractivity contribution is 5.82. The summed E-state index contributed by atoms with van der Waals surface area (Å²) >= 11 is 0. The highest BCUT2D eigenvalue weighted by atomic mass is 16.4. The zero-order valence-corrected chi connectivity index (χ0v) is 6.81. The van der Waals surface area contributed by atoms with E-state index >= 15 is 0 Å². The minimum atomic E-state index is -0.0549. The Morgan fingerprint density at radius 1 is 1.23 bits per heavy atom. The summed E-state index contributed by atoms with van der Waals surface area (Å²) in [6.45, 7) is 0. The van der Waals surface area contributed by atoms with Gasteiger partial charge in [0.2, 0.25) is 0 Å². The molecule has 0 amide bonds. The Kier molecular flexibility index (Phi) is 2.59. The van der Waals surface area contributed by atoms with Crippen molar-refractivity contribution in [2.45, 2.75) is 6.42 Å². The number of hydrogen-bond acceptors (Lipinski definition) is 4. The molecule has 0 bridgehead atoms. The molecule has 0 aliphatic rings. The van der Waals surface area contributed by atoms with E-state index in [1.54, 1.807) is 0 Å². The van der Waals surface area contributed by atoms with Crippen molar-refractivity contribution < 1.29 is 15.4 Å². The Balaban J connectivity index is 2.89. The Morgan fingerprint density at radius 2 is 1.77 bits per heavy atom. The molecule has 0 spiro atoms. The van der Waals surface area contributed by atoms with Gasteiger partial charge in [-0.25, -0.2) is 0 Å². The van der Waals surface area contributed by atoms with E-state index in [-0.39, 0.29) is 23.8 Å². The molecule has 0 heterocycles. The number of aromatic hydroxyl groups is 2. The van der Waals surface area contributed by atoms with Crippen LogP contribution in [-0.2, 0) is 6.42 Å². The molecule has 13 heavy (non-hydrogen) atoms. The number of phenolic OH excluding ortho intramolecular Hbond substituents is 2. The van der Waals surface area contributed by atoms with Crippen molar-refractivity contribution in [2.75, 3.05) is 0 Å². The van der Waals surface area contributed by atoms with Gasteiger partial charge in [0.15, 0.2) is 0 Å². The van der Waals surface area contributed by atoms with Gasteiger partial charge in [-0.3, -0.25) is 0 Å². The first-order chi connectivity index (χ1) is 6.11. The molecule has 0 aliphatic carbocycles. The van der Waals surface area contributed by atoms with Crippen LogP contribution in [0.25, 0.3) is 0 Å². The molecular weight excluding hydrogens is 172 g/mol. The van der Waals surface area contributed by atoms with Gasteiger partial charge in [0.05, 0.1) is 0 Å². The van der Waals surface area contributed by atoms with Crippen LogP contribution in [0.5, 0.6) is 11.5 Å². The van der Waals surface area contributed by atoms with E-state index in [0.717, 1.165) is 0 Å². The maximum atomic E-state index is 9.08. The van der Waals surface area contributed by atoms with E-state index in [1.165, 1.54) is 18.2 Å². The number of rotatable bonds is 2. The number of benzene rings is 1. The summed E-state index contributed by atoms with van der Waals surface area (Å²) in [6.07, 6.45) is 0.179. The van der Waals surface area contributed by atoms with Crippen molar-refractivity contribution in [3.63, 3.8) is 0 Å². The first-order valence-corrected chi connectivity index (χ1v) is 3.60. The summed E-state index contributed by atoms with van der Waals surface area (Å²) in [5.41, 5.74) is 5.82. The maximum Gasteiger partial charge on any atom is 0.143 e. The molecule has 1 rings (SSSR count). The topological polar surface area (TPSA) is 99.1 Å². The maximum absolute atomic E-state index is 9.08. The van der Waals surface area contributed by atoms with Crippen LogP contribution in [0.4, 0.5) is 0 Å². The second kappa shape index (κ2) is 3.66. The summed E-state index contributed by atoms with van der Waals surface area (Å²) < 4.78 is 0. The number of nitrogens with zero attached hydrogens (tertiary/aromatic N) is 1. The molecule has 0 atom stereocenters. The average Bonchev–Trinajstić information content (AvgIpc) is 2.02. The summed E-state index contributed by atoms with van der Waals surface area (Å²) in [7, 11) is 0. The third-order valence-electron chi connectivity index (χ3n) is 1.48. The Bertz CT molecular complexity index is 316. The standard InChI is InChI=1S/C8H10N2O3/c9-8(10-13)3-5-1-6(11)4-7(12)2-5/h1-2,4,11-13H,3H2,(H2,9,10). The molecule has 0 saturated carbocycles. The fourth-order valence-corrected chi connectivity index (χ4v) is 1.00. The van der Waals surface area contributed by atoms with Crippen molar-refractivity contribution in [2.24, 2.45) is 10.9 Å². The first-order valence-electron chi connectivity index (χ1n) is 3.60. The molecule has 0 fully saturated rings. The Hall–Kier alpha value is -1.91. The Morgan fingerprint density at radius 3 is 2.23 bits per heavy atom. The third-order valence-corrected chi connectivity index (χ3v) is 1.48. The smallest absolute Gasteiger partial charge is 0.143 e. The van der Waals surface area contributed by atoms with Crippen LogP contribution in [0.2, 0.25) is 0 Å². The van der Waals surface area contributed by atoms with Crippen LogP contribution in [-0.4, -0.2) is 21.3 Å². The molecular formula is C8H10N2O3. The minimum Gasteiger partial charge on any atom is -0.508 e. The van der Waals surface area contributed by atoms with Crippen LogP contribution in [0, 0.1) is 0 Å². The molecule has 1 aromatic rings. The molecule has 0 unspecified atom stereocenters. The number of hydrogen-bond donors (Lipinski definition) is 4. The van der Waals surface area contributed by atoms with Gasteiger partial charge in [0.1, 0.15) is 17.3 Å². The van der Waals surface area contributed by atoms with Gasteiger partial charge < -0.3 is 21.2 Å². The summed E-state index contributed by atoms with van der Waals surface area (Å²) in [4.78, 5) is 0. The lowest BCUT2D eigenvalue weighted by molar-refractivity contribution is 0.317. The second-order valence-electron chi connectivity index (χ2n) is 2.63.